The number of carbonyl (C=O) groups excluding carboxylic acids is 2. The molecule has 0 aliphatic rings. The minimum absolute atomic E-state index is 0.0762. The van der Waals surface area contributed by atoms with Crippen molar-refractivity contribution in [3.05, 3.63) is 47.5 Å². The number of aromatic hydroxyl groups is 1. The summed E-state index contributed by atoms with van der Waals surface area (Å²) in [6.45, 7) is 0. The second-order valence-electron chi connectivity index (χ2n) is 4.31. The molecule has 0 bridgehead atoms. The van der Waals surface area contributed by atoms with Crippen molar-refractivity contribution in [3.8, 4) is 23.0 Å². The van der Waals surface area contributed by atoms with Gasteiger partial charge in [0.15, 0.2) is 11.5 Å². The highest BCUT2D eigenvalue weighted by Gasteiger charge is 2.13. The number of hydrogen-bond acceptors (Lipinski definition) is 6. The van der Waals surface area contributed by atoms with Crippen molar-refractivity contribution in [2.24, 2.45) is 0 Å². The maximum Gasteiger partial charge on any atom is 0.337 e. The highest BCUT2D eigenvalue weighted by molar-refractivity contribution is 5.89. The van der Waals surface area contributed by atoms with Crippen molar-refractivity contribution in [2.75, 3.05) is 14.2 Å². The van der Waals surface area contributed by atoms with Crippen LogP contribution in [0.5, 0.6) is 23.0 Å². The predicted octanol–water partition coefficient (Wildman–Crippen LogP) is 2.79. The fourth-order valence-corrected chi connectivity index (χ4v) is 1.81. The molecule has 0 fully saturated rings. The Bertz CT molecular complexity index is 691. The first-order valence-corrected chi connectivity index (χ1v) is 6.31. The van der Waals surface area contributed by atoms with Crippen LogP contribution in [0.1, 0.15) is 20.7 Å². The molecular weight excluding hydrogens is 288 g/mol. The Labute approximate surface area is 126 Å². The number of phenolic OH excluding ortho intramolecular Hbond substituents is 1. The molecule has 2 aromatic carbocycles. The summed E-state index contributed by atoms with van der Waals surface area (Å²) in [5, 5.41) is 10.0. The second-order valence-corrected chi connectivity index (χ2v) is 4.31. The first kappa shape index (κ1) is 15.4. The molecule has 22 heavy (non-hydrogen) atoms. The van der Waals surface area contributed by atoms with Gasteiger partial charge in [0, 0.05) is 5.56 Å². The number of esters is 1. The van der Waals surface area contributed by atoms with Crippen LogP contribution in [-0.2, 0) is 4.74 Å². The highest BCUT2D eigenvalue weighted by atomic mass is 16.5. The van der Waals surface area contributed by atoms with Crippen LogP contribution < -0.4 is 9.47 Å². The SMILES string of the molecule is COC(=O)c1ccc(Oc2cc(C=O)cc(OC)c2O)cc1. The fraction of sp³-hybridized carbons (Fsp3) is 0.125. The summed E-state index contributed by atoms with van der Waals surface area (Å²) in [6.07, 6.45) is 0.620. The van der Waals surface area contributed by atoms with Gasteiger partial charge in [-0.15, -0.1) is 0 Å². The Morgan fingerprint density at radius 2 is 1.73 bits per heavy atom. The van der Waals surface area contributed by atoms with Crippen molar-refractivity contribution in [2.45, 2.75) is 0 Å². The minimum Gasteiger partial charge on any atom is -0.502 e. The largest absolute Gasteiger partial charge is 0.502 e. The molecule has 0 radical (unpaired) electrons. The molecule has 0 heterocycles. The lowest BCUT2D eigenvalue weighted by Gasteiger charge is -2.11. The Hall–Kier alpha value is -3.02. The van der Waals surface area contributed by atoms with Crippen molar-refractivity contribution < 1.29 is 28.9 Å². The van der Waals surface area contributed by atoms with E-state index in [0.29, 0.717) is 23.2 Å². The normalized spacial score (nSPS) is 9.91. The van der Waals surface area contributed by atoms with Gasteiger partial charge in [0.1, 0.15) is 12.0 Å². The fourth-order valence-electron chi connectivity index (χ4n) is 1.81. The Morgan fingerprint density at radius 3 is 2.27 bits per heavy atom. The molecule has 0 amide bonds. The topological polar surface area (TPSA) is 82.1 Å². The van der Waals surface area contributed by atoms with Crippen LogP contribution in [0.4, 0.5) is 0 Å². The molecule has 0 atom stereocenters. The summed E-state index contributed by atoms with van der Waals surface area (Å²) in [6, 6.07) is 8.93. The Morgan fingerprint density at radius 1 is 1.09 bits per heavy atom. The number of ether oxygens (including phenoxy) is 3. The van der Waals surface area contributed by atoms with Gasteiger partial charge in [0.05, 0.1) is 19.8 Å². The van der Waals surface area contributed by atoms with Crippen molar-refractivity contribution >= 4 is 12.3 Å². The zero-order valence-corrected chi connectivity index (χ0v) is 12.0. The lowest BCUT2D eigenvalue weighted by Crippen LogP contribution is -2.00. The molecule has 0 unspecified atom stereocenters. The van der Waals surface area contributed by atoms with E-state index in [9.17, 15) is 14.7 Å². The average molecular weight is 302 g/mol. The molecule has 0 aliphatic heterocycles. The molecule has 114 valence electrons. The zero-order valence-electron chi connectivity index (χ0n) is 12.0. The molecule has 0 spiro atoms. The standard InChI is InChI=1S/C16H14O6/c1-20-13-7-10(9-17)8-14(15(13)18)22-12-5-3-11(4-6-12)16(19)21-2/h3-9,18H,1-2H3. The molecule has 2 aromatic rings. The Kier molecular flexibility index (Phi) is 4.63. The molecule has 6 nitrogen and oxygen atoms in total. The molecular formula is C16H14O6. The van der Waals surface area contributed by atoms with Crippen LogP contribution in [0.2, 0.25) is 0 Å². The van der Waals surface area contributed by atoms with Crippen LogP contribution >= 0.6 is 0 Å². The minimum atomic E-state index is -0.459. The van der Waals surface area contributed by atoms with Crippen LogP contribution in [-0.4, -0.2) is 31.6 Å². The highest BCUT2D eigenvalue weighted by Crippen LogP contribution is 2.39. The van der Waals surface area contributed by atoms with E-state index in [-0.39, 0.29) is 17.2 Å². The molecule has 0 saturated heterocycles. The number of hydrogen-bond donors (Lipinski definition) is 1. The van der Waals surface area contributed by atoms with Crippen molar-refractivity contribution in [1.82, 2.24) is 0 Å². The van der Waals surface area contributed by atoms with Gasteiger partial charge in [-0.2, -0.15) is 0 Å². The van der Waals surface area contributed by atoms with Gasteiger partial charge >= 0.3 is 5.97 Å². The summed E-state index contributed by atoms with van der Waals surface area (Å²) < 4.78 is 15.1. The molecule has 1 N–H and O–H groups in total. The van der Waals surface area contributed by atoms with Crippen LogP contribution in [0.15, 0.2) is 36.4 Å². The second kappa shape index (κ2) is 6.62. The number of carbonyl (C=O) groups is 2. The van der Waals surface area contributed by atoms with E-state index >= 15 is 0 Å². The van der Waals surface area contributed by atoms with Gasteiger partial charge in [-0.05, 0) is 36.4 Å². The molecule has 0 aromatic heterocycles. The summed E-state index contributed by atoms with van der Waals surface area (Å²) in [7, 11) is 2.67. The van der Waals surface area contributed by atoms with E-state index in [1.807, 2.05) is 0 Å². The maximum absolute atomic E-state index is 11.3. The van der Waals surface area contributed by atoms with Crippen molar-refractivity contribution in [1.29, 1.82) is 0 Å². The van der Waals surface area contributed by atoms with Crippen LogP contribution in [0.3, 0.4) is 0 Å². The predicted molar refractivity (Wildman–Crippen MR) is 77.9 cm³/mol. The number of phenols is 1. The van der Waals surface area contributed by atoms with Gasteiger partial charge in [-0.25, -0.2) is 4.79 Å². The molecule has 2 rings (SSSR count). The third-order valence-corrected chi connectivity index (χ3v) is 2.92. The van der Waals surface area contributed by atoms with Gasteiger partial charge < -0.3 is 19.3 Å². The summed E-state index contributed by atoms with van der Waals surface area (Å²) in [5.74, 6) is -0.0877. The van der Waals surface area contributed by atoms with Crippen molar-refractivity contribution in [3.63, 3.8) is 0 Å². The third-order valence-electron chi connectivity index (χ3n) is 2.92. The van der Waals surface area contributed by atoms with Crippen LogP contribution in [0, 0.1) is 0 Å². The quantitative estimate of drug-likeness (QED) is 0.675. The van der Waals surface area contributed by atoms with E-state index in [0.717, 1.165) is 0 Å². The lowest BCUT2D eigenvalue weighted by molar-refractivity contribution is 0.0600. The molecule has 6 heteroatoms. The van der Waals surface area contributed by atoms with E-state index < -0.39 is 5.97 Å². The van der Waals surface area contributed by atoms with E-state index in [4.69, 9.17) is 9.47 Å². The lowest BCUT2D eigenvalue weighted by atomic mass is 10.2. The summed E-state index contributed by atoms with van der Waals surface area (Å²) in [4.78, 5) is 22.2. The van der Waals surface area contributed by atoms with E-state index in [1.165, 1.54) is 38.5 Å². The maximum atomic E-state index is 11.3. The van der Waals surface area contributed by atoms with Gasteiger partial charge in [0.2, 0.25) is 5.75 Å². The summed E-state index contributed by atoms with van der Waals surface area (Å²) in [5.41, 5.74) is 0.675. The van der Waals surface area contributed by atoms with Crippen LogP contribution in [0.25, 0.3) is 0 Å². The van der Waals surface area contributed by atoms with Gasteiger partial charge in [-0.3, -0.25) is 4.79 Å². The average Bonchev–Trinajstić information content (AvgIpc) is 2.56. The summed E-state index contributed by atoms with van der Waals surface area (Å²) >= 11 is 0. The first-order valence-electron chi connectivity index (χ1n) is 6.31. The number of methoxy groups -OCH3 is 2. The number of rotatable bonds is 5. The smallest absolute Gasteiger partial charge is 0.337 e. The van der Waals surface area contributed by atoms with E-state index in [1.54, 1.807) is 12.1 Å². The zero-order chi connectivity index (χ0) is 16.1. The first-order chi connectivity index (χ1) is 10.6. The third kappa shape index (κ3) is 3.17. The van der Waals surface area contributed by atoms with Gasteiger partial charge in [-0.1, -0.05) is 0 Å². The van der Waals surface area contributed by atoms with Gasteiger partial charge in [0.25, 0.3) is 0 Å². The van der Waals surface area contributed by atoms with E-state index in [2.05, 4.69) is 4.74 Å². The Balaban J connectivity index is 2.30. The number of benzene rings is 2. The monoisotopic (exact) mass is 302 g/mol. The number of aldehydes is 1. The molecule has 0 aliphatic carbocycles. The molecule has 0 saturated carbocycles.